The van der Waals surface area contributed by atoms with Gasteiger partial charge in [0.05, 0.1) is 5.52 Å². The van der Waals surface area contributed by atoms with Crippen LogP contribution in [-0.4, -0.2) is 16.3 Å². The smallest absolute Gasteiger partial charge is 0.143 e. The topological polar surface area (TPSA) is 45.2 Å². The zero-order valence-electron chi connectivity index (χ0n) is 12.7. The van der Waals surface area contributed by atoms with E-state index in [2.05, 4.69) is 18.0 Å². The first kappa shape index (κ1) is 14.9. The van der Waals surface area contributed by atoms with E-state index in [-0.39, 0.29) is 5.75 Å². The van der Waals surface area contributed by atoms with Crippen LogP contribution in [0.5, 0.6) is 17.2 Å². The number of phenolic OH excluding ortho intramolecular Hbond substituents is 1. The van der Waals surface area contributed by atoms with Gasteiger partial charge in [-0.3, -0.25) is 0 Å². The molecule has 0 saturated heterocycles. The number of rotatable bonds is 5. The highest BCUT2D eigenvalue weighted by Gasteiger charge is 2.08. The summed E-state index contributed by atoms with van der Waals surface area (Å²) in [5.74, 6) is 1.63. The average molecular weight is 313 g/mol. The molecule has 2 aromatic carbocycles. The predicted molar refractivity (Wildman–Crippen MR) is 92.3 cm³/mol. The van der Waals surface area contributed by atoms with E-state index in [4.69, 9.17) is 4.74 Å². The molecule has 4 heteroatoms. The Balaban J connectivity index is 1.89. The third-order valence-electron chi connectivity index (χ3n) is 3.55. The Kier molecular flexibility index (Phi) is 4.29. The van der Waals surface area contributed by atoms with Crippen LogP contribution in [0.25, 0.3) is 10.9 Å². The zero-order chi connectivity index (χ0) is 15.5. The van der Waals surface area contributed by atoms with E-state index < -0.39 is 0 Å². The summed E-state index contributed by atoms with van der Waals surface area (Å²) in [6.45, 7) is 2.14. The fourth-order valence-corrected chi connectivity index (χ4v) is 2.91. The van der Waals surface area contributed by atoms with Crippen LogP contribution in [0.15, 0.2) is 47.4 Å². The van der Waals surface area contributed by atoms with Crippen molar-refractivity contribution in [2.24, 2.45) is 0 Å². The standard InChI is InChI=1S/C18H19NO2S/c1-3-4-13-9-12-10-15(11-17(20)18(12)19-13)21-14-5-7-16(22-2)8-6-14/h5-11,19-20H,3-4H2,1-2H3. The molecule has 114 valence electrons. The molecule has 0 aliphatic carbocycles. The van der Waals surface area contributed by atoms with E-state index >= 15 is 0 Å². The van der Waals surface area contributed by atoms with Crippen LogP contribution in [-0.2, 0) is 6.42 Å². The van der Waals surface area contributed by atoms with E-state index in [1.54, 1.807) is 17.8 Å². The highest BCUT2D eigenvalue weighted by atomic mass is 32.2. The molecule has 0 aliphatic rings. The number of aromatic hydroxyl groups is 1. The lowest BCUT2D eigenvalue weighted by Gasteiger charge is -2.07. The zero-order valence-corrected chi connectivity index (χ0v) is 13.5. The lowest BCUT2D eigenvalue weighted by atomic mass is 10.2. The fraction of sp³-hybridized carbons (Fsp3) is 0.222. The van der Waals surface area contributed by atoms with Crippen LogP contribution in [0.1, 0.15) is 19.0 Å². The molecule has 2 N–H and O–H groups in total. The third-order valence-corrected chi connectivity index (χ3v) is 4.29. The van der Waals surface area contributed by atoms with Crippen LogP contribution >= 0.6 is 11.8 Å². The summed E-state index contributed by atoms with van der Waals surface area (Å²) in [4.78, 5) is 4.46. The quantitative estimate of drug-likeness (QED) is 0.625. The van der Waals surface area contributed by atoms with Crippen LogP contribution < -0.4 is 4.74 Å². The molecular weight excluding hydrogens is 294 g/mol. The number of hydrogen-bond donors (Lipinski definition) is 2. The van der Waals surface area contributed by atoms with Gasteiger partial charge in [-0.1, -0.05) is 13.3 Å². The Hall–Kier alpha value is -2.07. The minimum absolute atomic E-state index is 0.218. The lowest BCUT2D eigenvalue weighted by Crippen LogP contribution is -1.84. The summed E-state index contributed by atoms with van der Waals surface area (Å²) in [6.07, 6.45) is 4.08. The van der Waals surface area contributed by atoms with Crippen molar-refractivity contribution in [1.82, 2.24) is 4.98 Å². The number of aryl methyl sites for hydroxylation is 1. The van der Waals surface area contributed by atoms with Crippen molar-refractivity contribution in [2.75, 3.05) is 6.26 Å². The van der Waals surface area contributed by atoms with Crippen molar-refractivity contribution in [1.29, 1.82) is 0 Å². The van der Waals surface area contributed by atoms with Gasteiger partial charge in [0.1, 0.15) is 17.2 Å². The van der Waals surface area contributed by atoms with Crippen LogP contribution in [0, 0.1) is 0 Å². The molecule has 1 heterocycles. The van der Waals surface area contributed by atoms with Gasteiger partial charge >= 0.3 is 0 Å². The largest absolute Gasteiger partial charge is 0.506 e. The Morgan fingerprint density at radius 3 is 2.55 bits per heavy atom. The highest BCUT2D eigenvalue weighted by molar-refractivity contribution is 7.98. The molecule has 3 nitrogen and oxygen atoms in total. The summed E-state index contributed by atoms with van der Waals surface area (Å²) in [6, 6.07) is 13.6. The average Bonchev–Trinajstić information content (AvgIpc) is 2.92. The van der Waals surface area contributed by atoms with Crippen LogP contribution in [0.2, 0.25) is 0 Å². The van der Waals surface area contributed by atoms with E-state index in [9.17, 15) is 5.11 Å². The summed E-state index contributed by atoms with van der Waals surface area (Å²) < 4.78 is 5.85. The van der Waals surface area contributed by atoms with Crippen molar-refractivity contribution in [2.45, 2.75) is 24.7 Å². The van der Waals surface area contributed by atoms with Gasteiger partial charge in [0, 0.05) is 22.0 Å². The van der Waals surface area contributed by atoms with Gasteiger partial charge in [-0.25, -0.2) is 0 Å². The van der Waals surface area contributed by atoms with Crippen molar-refractivity contribution in [3.05, 3.63) is 48.2 Å². The number of H-pyrrole nitrogens is 1. The van der Waals surface area contributed by atoms with E-state index in [1.165, 1.54) is 4.90 Å². The summed E-state index contributed by atoms with van der Waals surface area (Å²) >= 11 is 1.70. The molecule has 0 unspecified atom stereocenters. The molecule has 22 heavy (non-hydrogen) atoms. The van der Waals surface area contributed by atoms with Crippen LogP contribution in [0.3, 0.4) is 0 Å². The Labute approximate surface area is 134 Å². The molecule has 0 spiro atoms. The van der Waals surface area contributed by atoms with Crippen molar-refractivity contribution >= 4 is 22.7 Å². The normalized spacial score (nSPS) is 11.0. The molecular formula is C18H19NO2S. The Morgan fingerprint density at radius 1 is 1.09 bits per heavy atom. The van der Waals surface area contributed by atoms with Gasteiger partial charge in [0.15, 0.2) is 0 Å². The molecule has 0 fully saturated rings. The number of thioether (sulfide) groups is 1. The molecule has 0 saturated carbocycles. The minimum atomic E-state index is 0.218. The Morgan fingerprint density at radius 2 is 1.86 bits per heavy atom. The maximum atomic E-state index is 10.2. The summed E-state index contributed by atoms with van der Waals surface area (Å²) in [7, 11) is 0. The number of aromatic nitrogens is 1. The van der Waals surface area contributed by atoms with Crippen molar-refractivity contribution < 1.29 is 9.84 Å². The number of benzene rings is 2. The number of aromatic amines is 1. The van der Waals surface area contributed by atoms with E-state index in [0.29, 0.717) is 5.75 Å². The molecule has 3 rings (SSSR count). The molecule has 0 atom stereocenters. The van der Waals surface area contributed by atoms with Crippen molar-refractivity contribution in [3.63, 3.8) is 0 Å². The van der Waals surface area contributed by atoms with Crippen molar-refractivity contribution in [3.8, 4) is 17.2 Å². The van der Waals surface area contributed by atoms with Crippen LogP contribution in [0.4, 0.5) is 0 Å². The molecule has 0 amide bonds. The first-order chi connectivity index (χ1) is 10.7. The third kappa shape index (κ3) is 3.07. The SMILES string of the molecule is CCCc1cc2cc(Oc3ccc(SC)cc3)cc(O)c2[nH]1. The lowest BCUT2D eigenvalue weighted by molar-refractivity contribution is 0.459. The second-order valence-electron chi connectivity index (χ2n) is 5.23. The molecule has 3 aromatic rings. The number of hydrogen-bond acceptors (Lipinski definition) is 3. The second-order valence-corrected chi connectivity index (χ2v) is 6.11. The maximum absolute atomic E-state index is 10.2. The second kappa shape index (κ2) is 6.36. The monoisotopic (exact) mass is 313 g/mol. The number of phenols is 1. The molecule has 1 aromatic heterocycles. The number of fused-ring (bicyclic) bond motifs is 1. The number of ether oxygens (including phenoxy) is 1. The maximum Gasteiger partial charge on any atom is 0.143 e. The van der Waals surface area contributed by atoms with Gasteiger partial charge in [-0.05, 0) is 49.1 Å². The minimum Gasteiger partial charge on any atom is -0.506 e. The Bertz CT molecular complexity index is 778. The highest BCUT2D eigenvalue weighted by Crippen LogP contribution is 2.33. The summed E-state index contributed by atoms with van der Waals surface area (Å²) in [5, 5.41) is 11.2. The van der Waals surface area contributed by atoms with Gasteiger partial charge in [-0.2, -0.15) is 0 Å². The predicted octanol–water partition coefficient (Wildman–Crippen LogP) is 5.34. The first-order valence-corrected chi connectivity index (χ1v) is 8.58. The van der Waals surface area contributed by atoms with Gasteiger partial charge in [0.25, 0.3) is 0 Å². The van der Waals surface area contributed by atoms with E-state index in [1.807, 2.05) is 36.6 Å². The molecule has 0 radical (unpaired) electrons. The fourth-order valence-electron chi connectivity index (χ4n) is 2.50. The molecule has 0 aliphatic heterocycles. The first-order valence-electron chi connectivity index (χ1n) is 7.36. The van der Waals surface area contributed by atoms with Gasteiger partial charge in [0.2, 0.25) is 0 Å². The van der Waals surface area contributed by atoms with Gasteiger partial charge < -0.3 is 14.8 Å². The summed E-state index contributed by atoms with van der Waals surface area (Å²) in [5.41, 5.74) is 1.91. The van der Waals surface area contributed by atoms with Gasteiger partial charge in [-0.15, -0.1) is 11.8 Å². The number of nitrogens with one attached hydrogen (secondary N) is 1. The molecule has 0 bridgehead atoms. The van der Waals surface area contributed by atoms with E-state index in [0.717, 1.165) is 35.2 Å².